The SMILES string of the molecule is C/C(=C\C(C)C#N)c1cnc2ccc(Cl)nn12. The molecule has 2 rings (SSSR count). The molecule has 0 saturated heterocycles. The van der Waals surface area contributed by atoms with Gasteiger partial charge in [0.15, 0.2) is 5.65 Å². The van der Waals surface area contributed by atoms with Crippen molar-refractivity contribution in [3.8, 4) is 6.07 Å². The lowest BCUT2D eigenvalue weighted by molar-refractivity contribution is 0.912. The van der Waals surface area contributed by atoms with Crippen LogP contribution in [0, 0.1) is 17.2 Å². The van der Waals surface area contributed by atoms with Crippen LogP contribution < -0.4 is 0 Å². The Hall–Kier alpha value is -1.86. The van der Waals surface area contributed by atoms with E-state index in [0.29, 0.717) is 5.15 Å². The highest BCUT2D eigenvalue weighted by molar-refractivity contribution is 6.29. The molecule has 0 spiro atoms. The molecule has 4 nitrogen and oxygen atoms in total. The molecule has 0 aliphatic rings. The maximum absolute atomic E-state index is 8.78. The molecule has 0 radical (unpaired) electrons. The summed E-state index contributed by atoms with van der Waals surface area (Å²) >= 11 is 5.85. The number of nitrogens with zero attached hydrogens (tertiary/aromatic N) is 4. The van der Waals surface area contributed by atoms with Gasteiger partial charge in [-0.2, -0.15) is 10.4 Å². The molecule has 17 heavy (non-hydrogen) atoms. The number of imidazole rings is 1. The molecule has 1 atom stereocenters. The van der Waals surface area contributed by atoms with Gasteiger partial charge in [0.25, 0.3) is 0 Å². The van der Waals surface area contributed by atoms with Crippen molar-refractivity contribution in [1.82, 2.24) is 14.6 Å². The van der Waals surface area contributed by atoms with Crippen LogP contribution in [0.1, 0.15) is 19.5 Å². The topological polar surface area (TPSA) is 54.0 Å². The van der Waals surface area contributed by atoms with Crippen molar-refractivity contribution in [2.24, 2.45) is 5.92 Å². The van der Waals surface area contributed by atoms with Crippen molar-refractivity contribution in [2.75, 3.05) is 0 Å². The number of aromatic nitrogens is 3. The first-order chi connectivity index (χ1) is 8.11. The van der Waals surface area contributed by atoms with Crippen molar-refractivity contribution >= 4 is 22.8 Å². The zero-order valence-electron chi connectivity index (χ0n) is 9.55. The lowest BCUT2D eigenvalue weighted by Crippen LogP contribution is -1.97. The third-order valence-electron chi connectivity index (χ3n) is 2.44. The van der Waals surface area contributed by atoms with Crippen molar-refractivity contribution < 1.29 is 0 Å². The van der Waals surface area contributed by atoms with Crippen molar-refractivity contribution in [2.45, 2.75) is 13.8 Å². The third-order valence-corrected chi connectivity index (χ3v) is 2.64. The highest BCUT2D eigenvalue weighted by atomic mass is 35.5. The van der Waals surface area contributed by atoms with Gasteiger partial charge in [-0.1, -0.05) is 17.7 Å². The molecular weight excluding hydrogens is 236 g/mol. The third kappa shape index (κ3) is 2.29. The van der Waals surface area contributed by atoms with Crippen molar-refractivity contribution in [3.05, 3.63) is 35.3 Å². The predicted octanol–water partition coefficient (Wildman–Crippen LogP) is 2.95. The highest BCUT2D eigenvalue weighted by Crippen LogP contribution is 2.18. The molecule has 0 bridgehead atoms. The van der Waals surface area contributed by atoms with Crippen LogP contribution in [0.5, 0.6) is 0 Å². The second-order valence-electron chi connectivity index (χ2n) is 3.84. The van der Waals surface area contributed by atoms with Gasteiger partial charge in [-0.15, -0.1) is 0 Å². The second kappa shape index (κ2) is 4.56. The number of hydrogen-bond donors (Lipinski definition) is 0. The molecule has 86 valence electrons. The molecule has 0 aliphatic carbocycles. The molecular formula is C12H11ClN4. The summed E-state index contributed by atoms with van der Waals surface area (Å²) in [5.41, 5.74) is 2.55. The van der Waals surface area contributed by atoms with Crippen LogP contribution in [0.3, 0.4) is 0 Å². The molecule has 2 aromatic rings. The minimum absolute atomic E-state index is 0.139. The van der Waals surface area contributed by atoms with E-state index >= 15 is 0 Å². The van der Waals surface area contributed by atoms with E-state index in [1.54, 1.807) is 22.8 Å². The van der Waals surface area contributed by atoms with E-state index in [0.717, 1.165) is 16.9 Å². The largest absolute Gasteiger partial charge is 0.235 e. The van der Waals surface area contributed by atoms with Crippen LogP contribution >= 0.6 is 11.6 Å². The highest BCUT2D eigenvalue weighted by Gasteiger charge is 2.07. The van der Waals surface area contributed by atoms with Gasteiger partial charge in [0, 0.05) is 0 Å². The van der Waals surface area contributed by atoms with Gasteiger partial charge in [0.05, 0.1) is 23.9 Å². The summed E-state index contributed by atoms with van der Waals surface area (Å²) in [6.45, 7) is 3.77. The van der Waals surface area contributed by atoms with Crippen LogP contribution in [0.2, 0.25) is 5.15 Å². The average molecular weight is 247 g/mol. The Bertz CT molecular complexity index is 621. The van der Waals surface area contributed by atoms with Crippen LogP contribution in [-0.4, -0.2) is 14.6 Å². The molecule has 0 aromatic carbocycles. The Labute approximate surface area is 104 Å². The van der Waals surface area contributed by atoms with Gasteiger partial charge in [-0.05, 0) is 31.6 Å². The summed E-state index contributed by atoms with van der Waals surface area (Å²) in [5.74, 6) is -0.139. The Morgan fingerprint density at radius 3 is 3.06 bits per heavy atom. The summed E-state index contributed by atoms with van der Waals surface area (Å²) < 4.78 is 1.68. The zero-order chi connectivity index (χ0) is 12.4. The molecule has 0 amide bonds. The Balaban J connectivity index is 2.53. The number of rotatable bonds is 2. The Morgan fingerprint density at radius 1 is 1.59 bits per heavy atom. The molecule has 1 unspecified atom stereocenters. The van der Waals surface area contributed by atoms with Crippen LogP contribution in [-0.2, 0) is 0 Å². The Kier molecular flexibility index (Phi) is 3.12. The summed E-state index contributed by atoms with van der Waals surface area (Å²) in [5, 5.41) is 13.4. The summed E-state index contributed by atoms with van der Waals surface area (Å²) in [7, 11) is 0. The van der Waals surface area contributed by atoms with Gasteiger partial charge >= 0.3 is 0 Å². The van der Waals surface area contributed by atoms with Crippen LogP contribution in [0.25, 0.3) is 11.2 Å². The fourth-order valence-electron chi connectivity index (χ4n) is 1.62. The number of nitriles is 1. The number of halogens is 1. The number of allylic oxidation sites excluding steroid dienone is 2. The number of fused-ring (bicyclic) bond motifs is 1. The fourth-order valence-corrected chi connectivity index (χ4v) is 1.76. The Morgan fingerprint density at radius 2 is 2.35 bits per heavy atom. The minimum Gasteiger partial charge on any atom is -0.235 e. The second-order valence-corrected chi connectivity index (χ2v) is 4.22. The first-order valence-corrected chi connectivity index (χ1v) is 5.58. The maximum Gasteiger partial charge on any atom is 0.154 e. The van der Waals surface area contributed by atoms with E-state index in [1.807, 2.05) is 19.9 Å². The van der Waals surface area contributed by atoms with Gasteiger partial charge in [-0.3, -0.25) is 0 Å². The quantitative estimate of drug-likeness (QED) is 0.819. The molecule has 0 saturated carbocycles. The first kappa shape index (κ1) is 11.6. The van der Waals surface area contributed by atoms with E-state index < -0.39 is 0 Å². The minimum atomic E-state index is -0.139. The average Bonchev–Trinajstić information content (AvgIpc) is 2.71. The number of hydrogen-bond acceptors (Lipinski definition) is 3. The van der Waals surface area contributed by atoms with Crippen molar-refractivity contribution in [3.63, 3.8) is 0 Å². The smallest absolute Gasteiger partial charge is 0.154 e. The van der Waals surface area contributed by atoms with E-state index in [2.05, 4.69) is 16.2 Å². The first-order valence-electron chi connectivity index (χ1n) is 5.20. The van der Waals surface area contributed by atoms with Gasteiger partial charge in [0.2, 0.25) is 0 Å². The van der Waals surface area contributed by atoms with E-state index in [-0.39, 0.29) is 5.92 Å². The van der Waals surface area contributed by atoms with Gasteiger partial charge in [0.1, 0.15) is 5.15 Å². The molecule has 5 heteroatoms. The monoisotopic (exact) mass is 246 g/mol. The molecule has 2 heterocycles. The van der Waals surface area contributed by atoms with Crippen LogP contribution in [0.15, 0.2) is 24.4 Å². The lowest BCUT2D eigenvalue weighted by Gasteiger charge is -2.02. The normalized spacial score (nSPS) is 13.6. The fraction of sp³-hybridized carbons (Fsp3) is 0.250. The predicted molar refractivity (Wildman–Crippen MR) is 66.4 cm³/mol. The van der Waals surface area contributed by atoms with Crippen LogP contribution in [0.4, 0.5) is 0 Å². The zero-order valence-corrected chi connectivity index (χ0v) is 10.3. The summed E-state index contributed by atoms with van der Waals surface area (Å²) in [4.78, 5) is 4.23. The maximum atomic E-state index is 8.78. The summed E-state index contributed by atoms with van der Waals surface area (Å²) in [6.07, 6.45) is 3.61. The van der Waals surface area contributed by atoms with E-state index in [1.165, 1.54) is 0 Å². The van der Waals surface area contributed by atoms with Gasteiger partial charge < -0.3 is 0 Å². The molecule has 0 N–H and O–H groups in total. The molecule has 2 aromatic heterocycles. The molecule has 0 fully saturated rings. The molecule has 0 aliphatic heterocycles. The van der Waals surface area contributed by atoms with E-state index in [4.69, 9.17) is 16.9 Å². The summed E-state index contributed by atoms with van der Waals surface area (Å²) in [6, 6.07) is 5.67. The van der Waals surface area contributed by atoms with Crippen molar-refractivity contribution in [1.29, 1.82) is 5.26 Å². The van der Waals surface area contributed by atoms with E-state index in [9.17, 15) is 0 Å². The standard InChI is InChI=1S/C12H11ClN4/c1-8(6-14)5-9(2)10-7-15-12-4-3-11(13)16-17(10)12/h3-5,7-8H,1-2H3/b9-5+. The van der Waals surface area contributed by atoms with Gasteiger partial charge in [-0.25, -0.2) is 9.50 Å². The lowest BCUT2D eigenvalue weighted by atomic mass is 10.1.